The van der Waals surface area contributed by atoms with Crippen LogP contribution in [0.5, 0.6) is 11.5 Å². The van der Waals surface area contributed by atoms with Gasteiger partial charge in [-0.1, -0.05) is 35.9 Å². The van der Waals surface area contributed by atoms with Crippen LogP contribution in [0.1, 0.15) is 36.8 Å². The van der Waals surface area contributed by atoms with Crippen LogP contribution in [0, 0.1) is 0 Å². The van der Waals surface area contributed by atoms with Crippen molar-refractivity contribution in [2.24, 2.45) is 0 Å². The Hall–Kier alpha value is -3.32. The van der Waals surface area contributed by atoms with Crippen LogP contribution in [0.25, 0.3) is 6.08 Å². The summed E-state index contributed by atoms with van der Waals surface area (Å²) in [7, 11) is 2.96. The lowest BCUT2D eigenvalue weighted by molar-refractivity contribution is -0.155. The smallest absolute Gasteiger partial charge is 0.331 e. The normalized spacial score (nSPS) is 18.2. The van der Waals surface area contributed by atoms with E-state index in [9.17, 15) is 19.5 Å². The van der Waals surface area contributed by atoms with E-state index in [1.165, 1.54) is 30.2 Å². The summed E-state index contributed by atoms with van der Waals surface area (Å²) < 4.78 is 10.2. The monoisotopic (exact) mass is 471 g/mol. The molecule has 1 aliphatic carbocycles. The number of ether oxygens (including phenoxy) is 2. The molecule has 0 radical (unpaired) electrons. The molecule has 8 heteroatoms. The van der Waals surface area contributed by atoms with Crippen LogP contribution < -0.4 is 4.74 Å². The van der Waals surface area contributed by atoms with Crippen LogP contribution in [0.4, 0.5) is 0 Å². The molecule has 1 unspecified atom stereocenters. The van der Waals surface area contributed by atoms with E-state index in [1.807, 2.05) is 0 Å². The van der Waals surface area contributed by atoms with Gasteiger partial charge in [-0.05, 0) is 49.1 Å². The van der Waals surface area contributed by atoms with Gasteiger partial charge in [0.25, 0.3) is 5.91 Å². The number of amides is 1. The van der Waals surface area contributed by atoms with Gasteiger partial charge in [-0.25, -0.2) is 4.79 Å². The highest BCUT2D eigenvalue weighted by molar-refractivity contribution is 6.31. The highest BCUT2D eigenvalue weighted by atomic mass is 35.5. The van der Waals surface area contributed by atoms with Crippen molar-refractivity contribution in [1.29, 1.82) is 0 Å². The van der Waals surface area contributed by atoms with E-state index < -0.39 is 24.0 Å². The van der Waals surface area contributed by atoms with E-state index in [0.717, 1.165) is 12.8 Å². The summed E-state index contributed by atoms with van der Waals surface area (Å²) in [6, 6.07) is 11.6. The minimum atomic E-state index is -1.18. The maximum absolute atomic E-state index is 13.1. The summed E-state index contributed by atoms with van der Waals surface area (Å²) in [6.07, 6.45) is 4.99. The van der Waals surface area contributed by atoms with Crippen molar-refractivity contribution in [3.05, 3.63) is 64.7 Å². The van der Waals surface area contributed by atoms with Crippen LogP contribution in [-0.4, -0.2) is 48.4 Å². The molecule has 1 aliphatic rings. The second-order valence-electron chi connectivity index (χ2n) is 7.80. The number of carbonyl (C=O) groups excluding carboxylic acids is 3. The van der Waals surface area contributed by atoms with Crippen LogP contribution >= 0.6 is 11.6 Å². The zero-order valence-electron chi connectivity index (χ0n) is 18.5. The summed E-state index contributed by atoms with van der Waals surface area (Å²) in [5.74, 6) is -1.05. The largest absolute Gasteiger partial charge is 0.504 e. The van der Waals surface area contributed by atoms with E-state index >= 15 is 0 Å². The molecule has 0 aromatic heterocycles. The standard InChI is InChI=1S/C25H26ClNO6/c1-27(25(14-6-5-9-22(25)29)18-7-3-4-8-19(18)26)23(30)16-33-24(31)13-11-17-10-12-20(28)21(15-17)32-2/h3-4,7-8,10-13,15,28H,5-6,9,14,16H2,1-2H3/b13-11+. The van der Waals surface area contributed by atoms with E-state index in [1.54, 1.807) is 43.4 Å². The maximum atomic E-state index is 13.1. The number of esters is 1. The number of ketones is 1. The van der Waals surface area contributed by atoms with Crippen molar-refractivity contribution in [3.63, 3.8) is 0 Å². The summed E-state index contributed by atoms with van der Waals surface area (Å²) >= 11 is 6.41. The van der Waals surface area contributed by atoms with Crippen molar-refractivity contribution >= 4 is 35.3 Å². The van der Waals surface area contributed by atoms with Gasteiger partial charge in [0.1, 0.15) is 5.54 Å². The number of rotatable bonds is 7. The summed E-state index contributed by atoms with van der Waals surface area (Å²) in [6.45, 7) is -0.516. The molecule has 1 N–H and O–H groups in total. The van der Waals surface area contributed by atoms with Crippen molar-refractivity contribution in [1.82, 2.24) is 4.90 Å². The zero-order chi connectivity index (χ0) is 24.0. The number of hydrogen-bond acceptors (Lipinski definition) is 6. The molecule has 1 amide bonds. The van der Waals surface area contributed by atoms with E-state index in [4.69, 9.17) is 21.1 Å². The van der Waals surface area contributed by atoms with Gasteiger partial charge in [-0.2, -0.15) is 0 Å². The number of halogens is 1. The van der Waals surface area contributed by atoms with Crippen molar-refractivity contribution in [3.8, 4) is 11.5 Å². The Kier molecular flexibility index (Phi) is 7.76. The number of Topliss-reactive ketones (excluding diaryl/α,β-unsaturated/α-hetero) is 1. The Morgan fingerprint density at radius 2 is 1.97 bits per heavy atom. The average molecular weight is 472 g/mol. The lowest BCUT2D eigenvalue weighted by atomic mass is 9.74. The Labute approximate surface area is 197 Å². The van der Waals surface area contributed by atoms with Gasteiger partial charge in [-0.15, -0.1) is 0 Å². The van der Waals surface area contributed by atoms with Crippen molar-refractivity contribution in [2.75, 3.05) is 20.8 Å². The fourth-order valence-electron chi connectivity index (χ4n) is 4.08. The Bertz CT molecular complexity index is 1080. The SMILES string of the molecule is COc1cc(/C=C/C(=O)OCC(=O)N(C)C2(c3ccccc3Cl)CCCCC2=O)ccc1O. The minimum absolute atomic E-state index is 0.0180. The fraction of sp³-hybridized carbons (Fsp3) is 0.320. The molecule has 3 rings (SSSR count). The van der Waals surface area contributed by atoms with Gasteiger partial charge in [0, 0.05) is 30.1 Å². The summed E-state index contributed by atoms with van der Waals surface area (Å²) in [5, 5.41) is 10.1. The molecule has 1 atom stereocenters. The van der Waals surface area contributed by atoms with E-state index in [-0.39, 0.29) is 17.3 Å². The molecule has 0 bridgehead atoms. The number of phenolic OH excluding ortho intramolecular Hbond substituents is 1. The molecule has 0 heterocycles. The number of carbonyl (C=O) groups is 3. The quantitative estimate of drug-likeness (QED) is 0.482. The topological polar surface area (TPSA) is 93.1 Å². The van der Waals surface area contributed by atoms with Gasteiger partial charge < -0.3 is 19.5 Å². The molecule has 0 spiro atoms. The Morgan fingerprint density at radius 3 is 2.67 bits per heavy atom. The minimum Gasteiger partial charge on any atom is -0.504 e. The second kappa shape index (κ2) is 10.5. The third-order valence-electron chi connectivity index (χ3n) is 5.87. The third kappa shape index (κ3) is 5.20. The lowest BCUT2D eigenvalue weighted by Crippen LogP contribution is -2.55. The number of phenols is 1. The van der Waals surface area contributed by atoms with Gasteiger partial charge in [0.15, 0.2) is 23.9 Å². The summed E-state index contributed by atoms with van der Waals surface area (Å²) in [5.41, 5.74) is 0.00801. The highest BCUT2D eigenvalue weighted by Crippen LogP contribution is 2.42. The first kappa shape index (κ1) is 24.3. The molecule has 1 saturated carbocycles. The Balaban J connectivity index is 1.71. The molecule has 7 nitrogen and oxygen atoms in total. The third-order valence-corrected chi connectivity index (χ3v) is 6.20. The average Bonchev–Trinajstić information content (AvgIpc) is 2.82. The molecule has 2 aromatic carbocycles. The van der Waals surface area contributed by atoms with Gasteiger partial charge in [0.2, 0.25) is 0 Å². The van der Waals surface area contributed by atoms with Crippen LogP contribution in [0.3, 0.4) is 0 Å². The molecule has 0 aliphatic heterocycles. The lowest BCUT2D eigenvalue weighted by Gasteiger charge is -2.43. The maximum Gasteiger partial charge on any atom is 0.331 e. The Morgan fingerprint density at radius 1 is 1.21 bits per heavy atom. The van der Waals surface area contributed by atoms with Crippen LogP contribution in [-0.2, 0) is 24.7 Å². The highest BCUT2D eigenvalue weighted by Gasteiger charge is 2.47. The number of benzene rings is 2. The molecular formula is C25H26ClNO6. The number of hydrogen-bond donors (Lipinski definition) is 1. The first-order valence-electron chi connectivity index (χ1n) is 10.6. The first-order chi connectivity index (χ1) is 15.8. The van der Waals surface area contributed by atoms with Crippen LogP contribution in [0.15, 0.2) is 48.5 Å². The first-order valence-corrected chi connectivity index (χ1v) is 10.9. The fourth-order valence-corrected chi connectivity index (χ4v) is 4.37. The zero-order valence-corrected chi connectivity index (χ0v) is 19.3. The van der Waals surface area contributed by atoms with E-state index in [0.29, 0.717) is 29.0 Å². The molecule has 33 heavy (non-hydrogen) atoms. The van der Waals surface area contributed by atoms with Gasteiger partial charge >= 0.3 is 5.97 Å². The molecule has 0 saturated heterocycles. The van der Waals surface area contributed by atoms with Crippen molar-refractivity contribution in [2.45, 2.75) is 31.2 Å². The predicted molar refractivity (Wildman–Crippen MR) is 124 cm³/mol. The van der Waals surface area contributed by atoms with Crippen LogP contribution in [0.2, 0.25) is 5.02 Å². The van der Waals surface area contributed by atoms with Gasteiger partial charge in [0.05, 0.1) is 7.11 Å². The summed E-state index contributed by atoms with van der Waals surface area (Å²) in [4.78, 5) is 39.6. The molecule has 1 fully saturated rings. The number of methoxy groups -OCH3 is 1. The van der Waals surface area contributed by atoms with E-state index in [2.05, 4.69) is 0 Å². The predicted octanol–water partition coefficient (Wildman–Crippen LogP) is 4.11. The number of nitrogens with zero attached hydrogens (tertiary/aromatic N) is 1. The van der Waals surface area contributed by atoms with Gasteiger partial charge in [-0.3, -0.25) is 9.59 Å². The van der Waals surface area contributed by atoms with Crippen molar-refractivity contribution < 1.29 is 29.0 Å². The second-order valence-corrected chi connectivity index (χ2v) is 8.20. The number of aromatic hydroxyl groups is 1. The number of likely N-dealkylation sites (N-methyl/N-ethyl adjacent to an activating group) is 1. The molecule has 174 valence electrons. The molecular weight excluding hydrogens is 446 g/mol. The molecule has 2 aromatic rings.